The van der Waals surface area contributed by atoms with Crippen LogP contribution in [0, 0.1) is 11.6 Å². The van der Waals surface area contributed by atoms with Crippen LogP contribution in [0.5, 0.6) is 11.5 Å². The van der Waals surface area contributed by atoms with Crippen molar-refractivity contribution in [3.8, 4) is 11.5 Å². The number of halogens is 2. The van der Waals surface area contributed by atoms with Crippen molar-refractivity contribution < 1.29 is 23.0 Å². The lowest BCUT2D eigenvalue weighted by Gasteiger charge is -2.24. The maximum absolute atomic E-state index is 14.3. The van der Waals surface area contributed by atoms with Gasteiger partial charge < -0.3 is 14.4 Å². The average molecular weight is 393 g/mol. The van der Waals surface area contributed by atoms with E-state index in [1.165, 1.54) is 23.9 Å². The van der Waals surface area contributed by atoms with Crippen LogP contribution in [0.15, 0.2) is 36.4 Å². The Morgan fingerprint density at radius 1 is 1.07 bits per heavy atom. The van der Waals surface area contributed by atoms with Crippen molar-refractivity contribution in [3.63, 3.8) is 0 Å². The Morgan fingerprint density at radius 2 is 1.81 bits per heavy atom. The van der Waals surface area contributed by atoms with Gasteiger partial charge in [-0.1, -0.05) is 12.1 Å². The van der Waals surface area contributed by atoms with Gasteiger partial charge in [-0.05, 0) is 37.1 Å². The molecule has 1 fully saturated rings. The molecule has 0 bridgehead atoms. The van der Waals surface area contributed by atoms with Crippen LogP contribution in [0.2, 0.25) is 0 Å². The van der Waals surface area contributed by atoms with E-state index in [0.29, 0.717) is 30.0 Å². The number of ether oxygens (including phenoxy) is 2. The molecule has 0 saturated carbocycles. The quantitative estimate of drug-likeness (QED) is 0.738. The SMILES string of the molecule is COc1ccc(CCN2C(=O)[C@@H](C)S[C@H]2c2ccc(F)cc2F)cc1OC. The van der Waals surface area contributed by atoms with Gasteiger partial charge in [-0.15, -0.1) is 11.8 Å². The molecule has 1 aliphatic rings. The standard InChI is InChI=1S/C20H21F2NO3S/c1-12-19(24)23(20(27-12)15-6-5-14(21)11-16(15)22)9-8-13-4-7-17(25-2)18(10-13)26-3/h4-7,10-12,20H,8-9H2,1-3H3/t12-,20+/m1/s1. The van der Waals surface area contributed by atoms with Gasteiger partial charge in [0, 0.05) is 18.2 Å². The minimum Gasteiger partial charge on any atom is -0.493 e. The van der Waals surface area contributed by atoms with Crippen molar-refractivity contribution >= 4 is 17.7 Å². The largest absolute Gasteiger partial charge is 0.493 e. The predicted octanol–water partition coefficient (Wildman–Crippen LogP) is 4.19. The molecule has 0 aromatic heterocycles. The van der Waals surface area contributed by atoms with Crippen LogP contribution in [0.4, 0.5) is 8.78 Å². The zero-order valence-corrected chi connectivity index (χ0v) is 16.2. The zero-order valence-electron chi connectivity index (χ0n) is 15.4. The zero-order chi connectivity index (χ0) is 19.6. The third-order valence-electron chi connectivity index (χ3n) is 4.56. The maximum atomic E-state index is 14.3. The summed E-state index contributed by atoms with van der Waals surface area (Å²) in [4.78, 5) is 14.2. The van der Waals surface area contributed by atoms with E-state index < -0.39 is 17.0 Å². The number of methoxy groups -OCH3 is 2. The molecule has 0 radical (unpaired) electrons. The van der Waals surface area contributed by atoms with Crippen LogP contribution in [0.1, 0.15) is 23.4 Å². The average Bonchev–Trinajstić information content (AvgIpc) is 2.93. The fraction of sp³-hybridized carbons (Fsp3) is 0.350. The molecule has 1 amide bonds. The van der Waals surface area contributed by atoms with E-state index in [4.69, 9.17) is 9.47 Å². The van der Waals surface area contributed by atoms with Gasteiger partial charge in [0.1, 0.15) is 17.0 Å². The van der Waals surface area contributed by atoms with E-state index in [0.717, 1.165) is 11.6 Å². The van der Waals surface area contributed by atoms with E-state index in [9.17, 15) is 13.6 Å². The molecule has 2 aromatic carbocycles. The Morgan fingerprint density at radius 3 is 2.48 bits per heavy atom. The highest BCUT2D eigenvalue weighted by Crippen LogP contribution is 2.43. The molecule has 7 heteroatoms. The summed E-state index contributed by atoms with van der Waals surface area (Å²) in [5.74, 6) is -0.0595. The lowest BCUT2D eigenvalue weighted by atomic mass is 10.1. The van der Waals surface area contributed by atoms with Crippen molar-refractivity contribution in [2.75, 3.05) is 20.8 Å². The second-order valence-corrected chi connectivity index (χ2v) is 7.69. The first-order chi connectivity index (χ1) is 12.9. The molecule has 2 atom stereocenters. The molecule has 144 valence electrons. The van der Waals surface area contributed by atoms with Crippen LogP contribution in [-0.2, 0) is 11.2 Å². The van der Waals surface area contributed by atoms with Gasteiger partial charge in [0.05, 0.1) is 19.5 Å². The normalized spacial score (nSPS) is 19.4. The fourth-order valence-corrected chi connectivity index (χ4v) is 4.46. The molecule has 4 nitrogen and oxygen atoms in total. The Labute approximate surface area is 161 Å². The number of thioether (sulfide) groups is 1. The molecule has 0 N–H and O–H groups in total. The molecule has 1 saturated heterocycles. The molecule has 1 aliphatic heterocycles. The van der Waals surface area contributed by atoms with Gasteiger partial charge in [-0.25, -0.2) is 8.78 Å². The number of amides is 1. The van der Waals surface area contributed by atoms with Gasteiger partial charge in [0.15, 0.2) is 11.5 Å². The van der Waals surface area contributed by atoms with Gasteiger partial charge >= 0.3 is 0 Å². The smallest absolute Gasteiger partial charge is 0.236 e. The summed E-state index contributed by atoms with van der Waals surface area (Å²) in [5, 5.41) is -0.738. The highest BCUT2D eigenvalue weighted by molar-refractivity contribution is 8.01. The van der Waals surface area contributed by atoms with Crippen molar-refractivity contribution in [2.45, 2.75) is 24.0 Å². The van der Waals surface area contributed by atoms with Crippen LogP contribution < -0.4 is 9.47 Å². The summed E-state index contributed by atoms with van der Waals surface area (Å²) >= 11 is 1.37. The molecule has 0 spiro atoms. The Bertz CT molecular complexity index is 846. The number of hydrogen-bond donors (Lipinski definition) is 0. The minimum absolute atomic E-state index is 0.0470. The second kappa shape index (κ2) is 8.17. The summed E-state index contributed by atoms with van der Waals surface area (Å²) in [6.45, 7) is 2.23. The summed E-state index contributed by atoms with van der Waals surface area (Å²) in [5.41, 5.74) is 1.30. The predicted molar refractivity (Wildman–Crippen MR) is 101 cm³/mol. The van der Waals surface area contributed by atoms with Gasteiger partial charge in [0.25, 0.3) is 0 Å². The second-order valence-electron chi connectivity index (χ2n) is 6.27. The number of nitrogens with zero attached hydrogens (tertiary/aromatic N) is 1. The van der Waals surface area contributed by atoms with Crippen LogP contribution in [0.3, 0.4) is 0 Å². The summed E-state index contributed by atoms with van der Waals surface area (Å²) in [7, 11) is 3.14. The lowest BCUT2D eigenvalue weighted by molar-refractivity contribution is -0.129. The van der Waals surface area contributed by atoms with E-state index in [-0.39, 0.29) is 11.2 Å². The van der Waals surface area contributed by atoms with Crippen molar-refractivity contribution in [2.24, 2.45) is 0 Å². The lowest BCUT2D eigenvalue weighted by Crippen LogP contribution is -2.32. The van der Waals surface area contributed by atoms with E-state index in [1.54, 1.807) is 26.0 Å². The Kier molecular flexibility index (Phi) is 5.89. The highest BCUT2D eigenvalue weighted by atomic mass is 32.2. The third-order valence-corrected chi connectivity index (χ3v) is 5.94. The first-order valence-corrected chi connectivity index (χ1v) is 9.50. The highest BCUT2D eigenvalue weighted by Gasteiger charge is 2.39. The minimum atomic E-state index is -0.634. The molecule has 27 heavy (non-hydrogen) atoms. The number of benzene rings is 2. The molecule has 3 rings (SSSR count). The van der Waals surface area contributed by atoms with Gasteiger partial charge in [-0.3, -0.25) is 4.79 Å². The summed E-state index contributed by atoms with van der Waals surface area (Å²) in [6.07, 6.45) is 0.582. The Hall–Kier alpha value is -2.28. The number of carbonyl (C=O) groups excluding carboxylic acids is 1. The first kappa shape index (κ1) is 19.5. The van der Waals surface area contributed by atoms with E-state index >= 15 is 0 Å². The molecule has 0 aliphatic carbocycles. The summed E-state index contributed by atoms with van der Waals surface area (Å²) < 4.78 is 38.0. The van der Waals surface area contributed by atoms with Crippen LogP contribution in [0.25, 0.3) is 0 Å². The van der Waals surface area contributed by atoms with Crippen molar-refractivity contribution in [3.05, 3.63) is 59.2 Å². The van der Waals surface area contributed by atoms with Gasteiger partial charge in [0.2, 0.25) is 5.91 Å². The van der Waals surface area contributed by atoms with E-state index in [1.807, 2.05) is 18.2 Å². The van der Waals surface area contributed by atoms with Crippen molar-refractivity contribution in [1.82, 2.24) is 4.90 Å². The molecule has 0 unspecified atom stereocenters. The molecular formula is C20H21F2NO3S. The third kappa shape index (κ3) is 4.03. The molecule has 2 aromatic rings. The fourth-order valence-electron chi connectivity index (χ4n) is 3.13. The maximum Gasteiger partial charge on any atom is 0.236 e. The number of hydrogen-bond acceptors (Lipinski definition) is 4. The number of rotatable bonds is 6. The first-order valence-electron chi connectivity index (χ1n) is 8.56. The molecular weight excluding hydrogens is 372 g/mol. The monoisotopic (exact) mass is 393 g/mol. The molecule has 1 heterocycles. The Balaban J connectivity index is 1.80. The van der Waals surface area contributed by atoms with Gasteiger partial charge in [-0.2, -0.15) is 0 Å². The van der Waals surface area contributed by atoms with E-state index in [2.05, 4.69) is 0 Å². The van der Waals surface area contributed by atoms with Crippen LogP contribution in [-0.4, -0.2) is 36.8 Å². The topological polar surface area (TPSA) is 38.8 Å². The van der Waals surface area contributed by atoms with Crippen molar-refractivity contribution in [1.29, 1.82) is 0 Å². The number of carbonyl (C=O) groups is 1. The van der Waals surface area contributed by atoms with Crippen LogP contribution >= 0.6 is 11.8 Å². The summed E-state index contributed by atoms with van der Waals surface area (Å²) in [6, 6.07) is 9.08.